The van der Waals surface area contributed by atoms with Gasteiger partial charge in [0.05, 0.1) is 0 Å². The minimum absolute atomic E-state index is 0.974. The maximum absolute atomic E-state index is 3.69. The van der Waals surface area contributed by atoms with Crippen LogP contribution in [0.25, 0.3) is 0 Å². The van der Waals surface area contributed by atoms with Crippen molar-refractivity contribution in [2.45, 2.75) is 4.90 Å². The van der Waals surface area contributed by atoms with Gasteiger partial charge in [-0.05, 0) is 24.3 Å². The van der Waals surface area contributed by atoms with Crippen LogP contribution < -0.4 is 4.90 Å². The van der Waals surface area contributed by atoms with Gasteiger partial charge in [-0.3, -0.25) is 0 Å². The first-order chi connectivity index (χ1) is 6.24. The van der Waals surface area contributed by atoms with Crippen LogP contribution in [0.3, 0.4) is 0 Å². The van der Waals surface area contributed by atoms with E-state index in [0.29, 0.717) is 0 Å². The number of rotatable bonds is 4. The summed E-state index contributed by atoms with van der Waals surface area (Å²) in [5, 5.41) is 0. The molecule has 0 aliphatic heterocycles. The van der Waals surface area contributed by atoms with Crippen LogP contribution in [0.1, 0.15) is 0 Å². The molecule has 70 valence electrons. The minimum atomic E-state index is 0.974. The first-order valence-electron chi connectivity index (χ1n) is 4.25. The predicted octanol–water partition coefficient (Wildman–Crippen LogP) is 3.03. The number of thioether (sulfide) groups is 1. The molecule has 0 fully saturated rings. The SMILES string of the molecule is C=CCSc1ccc(N(C)C)cc1. The van der Waals surface area contributed by atoms with Crippen LogP contribution in [0.15, 0.2) is 41.8 Å². The average molecular weight is 193 g/mol. The van der Waals surface area contributed by atoms with Gasteiger partial charge >= 0.3 is 0 Å². The number of hydrogen-bond donors (Lipinski definition) is 0. The molecule has 0 saturated heterocycles. The van der Waals surface area contributed by atoms with Crippen LogP contribution in [-0.2, 0) is 0 Å². The standard InChI is InChI=1S/C11H15NS/c1-4-9-13-11-7-5-10(6-8-11)12(2)3/h4-8H,1,9H2,2-3H3. The molecule has 0 atom stereocenters. The van der Waals surface area contributed by atoms with E-state index >= 15 is 0 Å². The lowest BCUT2D eigenvalue weighted by atomic mass is 10.3. The molecule has 13 heavy (non-hydrogen) atoms. The number of benzene rings is 1. The van der Waals surface area contributed by atoms with Gasteiger partial charge in [0.1, 0.15) is 0 Å². The van der Waals surface area contributed by atoms with Gasteiger partial charge in [-0.2, -0.15) is 0 Å². The fourth-order valence-corrected chi connectivity index (χ4v) is 1.63. The lowest BCUT2D eigenvalue weighted by Crippen LogP contribution is -2.07. The molecule has 0 spiro atoms. The molecule has 0 radical (unpaired) electrons. The van der Waals surface area contributed by atoms with Gasteiger partial charge in [-0.15, -0.1) is 18.3 Å². The maximum Gasteiger partial charge on any atom is 0.0361 e. The first-order valence-corrected chi connectivity index (χ1v) is 5.23. The van der Waals surface area contributed by atoms with E-state index in [1.165, 1.54) is 10.6 Å². The van der Waals surface area contributed by atoms with Gasteiger partial charge in [0.25, 0.3) is 0 Å². The third-order valence-corrected chi connectivity index (χ3v) is 2.73. The molecule has 0 aliphatic carbocycles. The Balaban J connectivity index is 2.64. The largest absolute Gasteiger partial charge is 0.378 e. The molecule has 1 aromatic rings. The average Bonchev–Trinajstić information content (AvgIpc) is 2.15. The molecule has 0 aromatic heterocycles. The molecule has 0 saturated carbocycles. The molecule has 0 aliphatic rings. The topological polar surface area (TPSA) is 3.24 Å². The fourth-order valence-electron chi connectivity index (χ4n) is 0.996. The zero-order chi connectivity index (χ0) is 9.68. The van der Waals surface area contributed by atoms with E-state index < -0.39 is 0 Å². The Kier molecular flexibility index (Phi) is 3.90. The van der Waals surface area contributed by atoms with Crippen LogP contribution >= 0.6 is 11.8 Å². The number of anilines is 1. The molecule has 1 rings (SSSR count). The minimum Gasteiger partial charge on any atom is -0.378 e. The van der Waals surface area contributed by atoms with Crippen molar-refractivity contribution in [2.24, 2.45) is 0 Å². The summed E-state index contributed by atoms with van der Waals surface area (Å²) in [6.07, 6.45) is 1.92. The van der Waals surface area contributed by atoms with Crippen molar-refractivity contribution in [3.63, 3.8) is 0 Å². The van der Waals surface area contributed by atoms with E-state index in [1.807, 2.05) is 20.2 Å². The molecule has 1 nitrogen and oxygen atoms in total. The summed E-state index contributed by atoms with van der Waals surface area (Å²) in [6, 6.07) is 8.55. The quantitative estimate of drug-likeness (QED) is 0.534. The summed E-state index contributed by atoms with van der Waals surface area (Å²) in [7, 11) is 4.10. The molecular weight excluding hydrogens is 178 g/mol. The van der Waals surface area contributed by atoms with Crippen molar-refractivity contribution >= 4 is 17.4 Å². The van der Waals surface area contributed by atoms with Gasteiger partial charge in [0.2, 0.25) is 0 Å². The Morgan fingerprint density at radius 3 is 2.38 bits per heavy atom. The van der Waals surface area contributed by atoms with E-state index in [4.69, 9.17) is 0 Å². The second-order valence-electron chi connectivity index (χ2n) is 2.99. The van der Waals surface area contributed by atoms with E-state index in [-0.39, 0.29) is 0 Å². The molecule has 1 aromatic carbocycles. The first kappa shape index (κ1) is 10.2. The van der Waals surface area contributed by atoms with Crippen molar-refractivity contribution in [1.82, 2.24) is 0 Å². The van der Waals surface area contributed by atoms with Crippen LogP contribution in [0.2, 0.25) is 0 Å². The monoisotopic (exact) mass is 193 g/mol. The molecule has 0 bridgehead atoms. The predicted molar refractivity (Wildman–Crippen MR) is 61.7 cm³/mol. The molecule has 0 heterocycles. The lowest BCUT2D eigenvalue weighted by Gasteiger charge is -2.12. The molecule has 0 N–H and O–H groups in total. The highest BCUT2D eigenvalue weighted by atomic mass is 32.2. The Morgan fingerprint density at radius 2 is 1.92 bits per heavy atom. The maximum atomic E-state index is 3.69. The van der Waals surface area contributed by atoms with Crippen molar-refractivity contribution in [3.05, 3.63) is 36.9 Å². The van der Waals surface area contributed by atoms with Gasteiger partial charge < -0.3 is 4.90 Å². The summed E-state index contributed by atoms with van der Waals surface area (Å²) in [6.45, 7) is 3.69. The van der Waals surface area contributed by atoms with Crippen LogP contribution in [0.5, 0.6) is 0 Å². The van der Waals surface area contributed by atoms with Crippen LogP contribution in [0.4, 0.5) is 5.69 Å². The fraction of sp³-hybridized carbons (Fsp3) is 0.273. The highest BCUT2D eigenvalue weighted by molar-refractivity contribution is 7.99. The zero-order valence-corrected chi connectivity index (χ0v) is 8.97. The van der Waals surface area contributed by atoms with Crippen molar-refractivity contribution in [3.8, 4) is 0 Å². The normalized spacial score (nSPS) is 9.69. The third kappa shape index (κ3) is 3.15. The molecule has 0 amide bonds. The zero-order valence-electron chi connectivity index (χ0n) is 8.16. The van der Waals surface area contributed by atoms with Gasteiger partial charge in [-0.25, -0.2) is 0 Å². The number of nitrogens with zero attached hydrogens (tertiary/aromatic N) is 1. The van der Waals surface area contributed by atoms with E-state index in [9.17, 15) is 0 Å². The lowest BCUT2D eigenvalue weighted by molar-refractivity contribution is 1.13. The van der Waals surface area contributed by atoms with E-state index in [1.54, 1.807) is 11.8 Å². The number of hydrogen-bond acceptors (Lipinski definition) is 2. The van der Waals surface area contributed by atoms with E-state index in [2.05, 4.69) is 35.7 Å². The molecular formula is C11H15NS. The van der Waals surface area contributed by atoms with Crippen LogP contribution in [0, 0.1) is 0 Å². The van der Waals surface area contributed by atoms with Crippen molar-refractivity contribution in [1.29, 1.82) is 0 Å². The highest BCUT2D eigenvalue weighted by Crippen LogP contribution is 2.21. The van der Waals surface area contributed by atoms with Gasteiger partial charge in [0, 0.05) is 30.4 Å². The summed E-state index contributed by atoms with van der Waals surface area (Å²) < 4.78 is 0. The summed E-state index contributed by atoms with van der Waals surface area (Å²) in [5.41, 5.74) is 1.24. The highest BCUT2D eigenvalue weighted by Gasteiger charge is 1.95. The van der Waals surface area contributed by atoms with Crippen molar-refractivity contribution < 1.29 is 0 Å². The van der Waals surface area contributed by atoms with E-state index in [0.717, 1.165) is 5.75 Å². The van der Waals surface area contributed by atoms with Gasteiger partial charge in [0.15, 0.2) is 0 Å². The third-order valence-electron chi connectivity index (χ3n) is 1.72. The summed E-state index contributed by atoms with van der Waals surface area (Å²) >= 11 is 1.80. The Labute approximate surface area is 84.4 Å². The Morgan fingerprint density at radius 1 is 1.31 bits per heavy atom. The Bertz CT molecular complexity index is 264. The molecule has 0 unspecified atom stereocenters. The second-order valence-corrected chi connectivity index (χ2v) is 4.08. The Hall–Kier alpha value is -0.890. The summed E-state index contributed by atoms with van der Waals surface area (Å²) in [5.74, 6) is 0.974. The van der Waals surface area contributed by atoms with Gasteiger partial charge in [-0.1, -0.05) is 6.08 Å². The smallest absolute Gasteiger partial charge is 0.0361 e. The van der Waals surface area contributed by atoms with Crippen LogP contribution in [-0.4, -0.2) is 19.8 Å². The van der Waals surface area contributed by atoms with Crippen molar-refractivity contribution in [2.75, 3.05) is 24.7 Å². The second kappa shape index (κ2) is 4.97. The summed E-state index contributed by atoms with van der Waals surface area (Å²) in [4.78, 5) is 3.40. The molecule has 2 heteroatoms.